The van der Waals surface area contributed by atoms with Crippen LogP contribution in [0.25, 0.3) is 16.9 Å². The smallest absolute Gasteiger partial charge is 0.408 e. The summed E-state index contributed by atoms with van der Waals surface area (Å²) < 4.78 is 18.0. The van der Waals surface area contributed by atoms with Crippen molar-refractivity contribution in [2.45, 2.75) is 57.7 Å². The van der Waals surface area contributed by atoms with Gasteiger partial charge in [0, 0.05) is 61.3 Å². The van der Waals surface area contributed by atoms with Gasteiger partial charge in [-0.3, -0.25) is 9.59 Å². The summed E-state index contributed by atoms with van der Waals surface area (Å²) in [7, 11) is 3.13. The lowest BCUT2D eigenvalue weighted by Gasteiger charge is -2.24. The zero-order chi connectivity index (χ0) is 30.6. The van der Waals surface area contributed by atoms with Crippen LogP contribution in [-0.4, -0.2) is 72.3 Å². The summed E-state index contributed by atoms with van der Waals surface area (Å²) in [6.07, 6.45) is 3.81. The molecule has 3 aromatic rings. The second-order valence-corrected chi connectivity index (χ2v) is 11.5. The third kappa shape index (κ3) is 7.55. The standard InChI is InChI=1S/C29H37ClN6O6/c1-29(2,3)42-28(39)34-21(6-7-25(31)37)27(38)32-17-8-10-35(15-17)18-9-11-36-16-22(33-26(36)12-18)19-13-20(30)24(41-5)14-23(19)40-4/h9,11-14,16-17,21H,6-8,10,15H2,1-5H3,(H2,31,37)(H,32,38)(H,34,39)/t17?,21-/m0/s1. The van der Waals surface area contributed by atoms with Crippen molar-refractivity contribution in [3.63, 3.8) is 0 Å². The van der Waals surface area contributed by atoms with Crippen LogP contribution < -0.4 is 30.7 Å². The number of fused-ring (bicyclic) bond motifs is 1. The molecule has 13 heteroatoms. The fourth-order valence-corrected chi connectivity index (χ4v) is 5.02. The molecule has 2 atom stereocenters. The number of benzene rings is 1. The fraction of sp³-hybridized carbons (Fsp3) is 0.448. The number of hydrogen-bond donors (Lipinski definition) is 3. The maximum absolute atomic E-state index is 13.1. The van der Waals surface area contributed by atoms with E-state index in [0.29, 0.717) is 41.7 Å². The summed E-state index contributed by atoms with van der Waals surface area (Å²) in [5.41, 5.74) is 7.67. The summed E-state index contributed by atoms with van der Waals surface area (Å²) in [4.78, 5) is 43.7. The summed E-state index contributed by atoms with van der Waals surface area (Å²) in [5, 5.41) is 6.02. The molecule has 2 aromatic heterocycles. The average Bonchev–Trinajstić information content (AvgIpc) is 3.56. The van der Waals surface area contributed by atoms with Crippen LogP contribution in [0, 0.1) is 0 Å². The van der Waals surface area contributed by atoms with Crippen molar-refractivity contribution < 1.29 is 28.6 Å². The molecule has 0 saturated carbocycles. The molecular formula is C29H37ClN6O6. The van der Waals surface area contributed by atoms with Gasteiger partial charge >= 0.3 is 6.09 Å². The third-order valence-corrected chi connectivity index (χ3v) is 7.08. The number of carbonyl (C=O) groups excluding carboxylic acids is 3. The number of primary amides is 1. The van der Waals surface area contributed by atoms with Crippen molar-refractivity contribution in [3.8, 4) is 22.8 Å². The van der Waals surface area contributed by atoms with Crippen LogP contribution in [0.1, 0.15) is 40.0 Å². The summed E-state index contributed by atoms with van der Waals surface area (Å²) in [6.45, 7) is 6.45. The molecule has 4 rings (SSSR count). The Morgan fingerprint density at radius 1 is 1.17 bits per heavy atom. The van der Waals surface area contributed by atoms with Crippen LogP contribution in [0.2, 0.25) is 5.02 Å². The Kier molecular flexibility index (Phi) is 9.35. The van der Waals surface area contributed by atoms with E-state index in [4.69, 9.17) is 36.5 Å². The zero-order valence-corrected chi connectivity index (χ0v) is 25.2. The van der Waals surface area contributed by atoms with Crippen molar-refractivity contribution in [1.29, 1.82) is 0 Å². The van der Waals surface area contributed by atoms with Gasteiger partial charge < -0.3 is 39.9 Å². The molecule has 0 aliphatic carbocycles. The first-order chi connectivity index (χ1) is 19.9. The summed E-state index contributed by atoms with van der Waals surface area (Å²) in [5.74, 6) is 0.151. The van der Waals surface area contributed by atoms with Gasteiger partial charge in [0.1, 0.15) is 28.8 Å². The van der Waals surface area contributed by atoms with Gasteiger partial charge in [0.25, 0.3) is 0 Å². The molecule has 0 spiro atoms. The molecule has 1 aliphatic heterocycles. The number of ether oxygens (including phenoxy) is 3. The van der Waals surface area contributed by atoms with Crippen molar-refractivity contribution in [2.75, 3.05) is 32.2 Å². The lowest BCUT2D eigenvalue weighted by atomic mass is 10.1. The van der Waals surface area contributed by atoms with Crippen LogP contribution in [0.5, 0.6) is 11.5 Å². The minimum atomic E-state index is -0.954. The van der Waals surface area contributed by atoms with Crippen LogP contribution >= 0.6 is 11.6 Å². The molecule has 12 nitrogen and oxygen atoms in total. The normalized spacial score (nSPS) is 15.8. The van der Waals surface area contributed by atoms with Crippen LogP contribution in [0.4, 0.5) is 10.5 Å². The molecule has 1 aromatic carbocycles. The van der Waals surface area contributed by atoms with Crippen molar-refractivity contribution in [1.82, 2.24) is 20.0 Å². The largest absolute Gasteiger partial charge is 0.496 e. The number of nitrogens with zero attached hydrogens (tertiary/aromatic N) is 3. The van der Waals surface area contributed by atoms with Crippen molar-refractivity contribution >= 4 is 40.8 Å². The number of anilines is 1. The van der Waals surface area contributed by atoms with E-state index < -0.39 is 29.6 Å². The number of halogens is 1. The lowest BCUT2D eigenvalue weighted by Crippen LogP contribution is -2.51. The average molecular weight is 601 g/mol. The van der Waals surface area contributed by atoms with Gasteiger partial charge in [-0.2, -0.15) is 0 Å². The predicted molar refractivity (Wildman–Crippen MR) is 159 cm³/mol. The van der Waals surface area contributed by atoms with Crippen molar-refractivity contribution in [2.24, 2.45) is 5.73 Å². The molecule has 226 valence electrons. The Morgan fingerprint density at radius 2 is 1.90 bits per heavy atom. The molecule has 1 unspecified atom stereocenters. The zero-order valence-electron chi connectivity index (χ0n) is 24.4. The molecule has 1 aliphatic rings. The summed E-state index contributed by atoms with van der Waals surface area (Å²) >= 11 is 6.37. The SMILES string of the molecule is COc1cc(OC)c(-c2cn3ccc(N4CCC(NC(=O)[C@H](CCC(N)=O)NC(=O)OC(C)(C)C)C4)cc3n2)cc1Cl. The number of imidazole rings is 1. The van der Waals surface area contributed by atoms with E-state index in [1.165, 1.54) is 0 Å². The number of nitrogens with one attached hydrogen (secondary N) is 2. The van der Waals surface area contributed by atoms with Crippen molar-refractivity contribution in [3.05, 3.63) is 41.7 Å². The Morgan fingerprint density at radius 3 is 2.57 bits per heavy atom. The summed E-state index contributed by atoms with van der Waals surface area (Å²) in [6, 6.07) is 6.35. The minimum absolute atomic E-state index is 0.0500. The maximum atomic E-state index is 13.1. The molecule has 3 heterocycles. The highest BCUT2D eigenvalue weighted by atomic mass is 35.5. The van der Waals surface area contributed by atoms with Gasteiger partial charge in [-0.15, -0.1) is 0 Å². The second-order valence-electron chi connectivity index (χ2n) is 11.1. The van der Waals surface area contributed by atoms with E-state index in [-0.39, 0.29) is 18.9 Å². The first kappa shape index (κ1) is 30.8. The van der Waals surface area contributed by atoms with E-state index in [0.717, 1.165) is 16.9 Å². The highest BCUT2D eigenvalue weighted by Gasteiger charge is 2.30. The first-order valence-corrected chi connectivity index (χ1v) is 14.0. The number of nitrogens with two attached hydrogens (primary N) is 1. The molecule has 42 heavy (non-hydrogen) atoms. The fourth-order valence-electron chi connectivity index (χ4n) is 4.78. The van der Waals surface area contributed by atoms with Crippen LogP contribution in [-0.2, 0) is 14.3 Å². The topological polar surface area (TPSA) is 150 Å². The molecular weight excluding hydrogens is 564 g/mol. The highest BCUT2D eigenvalue weighted by molar-refractivity contribution is 6.32. The Balaban J connectivity index is 1.44. The van der Waals surface area contributed by atoms with Gasteiger partial charge in [0.05, 0.1) is 24.9 Å². The van der Waals surface area contributed by atoms with Gasteiger partial charge in [0.2, 0.25) is 11.8 Å². The predicted octanol–water partition coefficient (Wildman–Crippen LogP) is 3.53. The molecule has 3 amide bonds. The Bertz CT molecular complexity index is 1470. The molecule has 0 bridgehead atoms. The number of carbonyl (C=O) groups is 3. The van der Waals surface area contributed by atoms with E-state index in [1.54, 1.807) is 47.1 Å². The third-order valence-electron chi connectivity index (χ3n) is 6.78. The quantitative estimate of drug-likeness (QED) is 0.320. The highest BCUT2D eigenvalue weighted by Crippen LogP contribution is 2.38. The number of amides is 3. The van der Waals surface area contributed by atoms with Gasteiger partial charge in [-0.05, 0) is 45.7 Å². The Hall–Kier alpha value is -4.19. The van der Waals surface area contributed by atoms with Crippen LogP contribution in [0.3, 0.4) is 0 Å². The van der Waals surface area contributed by atoms with E-state index in [2.05, 4.69) is 15.5 Å². The minimum Gasteiger partial charge on any atom is -0.496 e. The second kappa shape index (κ2) is 12.8. The van der Waals surface area contributed by atoms with E-state index in [9.17, 15) is 14.4 Å². The molecule has 1 fully saturated rings. The lowest BCUT2D eigenvalue weighted by molar-refractivity contribution is -0.124. The van der Waals surface area contributed by atoms with E-state index >= 15 is 0 Å². The number of alkyl carbamates (subject to hydrolysis) is 1. The molecule has 1 saturated heterocycles. The first-order valence-electron chi connectivity index (χ1n) is 13.6. The number of aromatic nitrogens is 2. The van der Waals surface area contributed by atoms with Gasteiger partial charge in [0.15, 0.2) is 0 Å². The molecule has 4 N–H and O–H groups in total. The Labute approximate surface area is 249 Å². The van der Waals surface area contributed by atoms with Gasteiger partial charge in [-0.1, -0.05) is 11.6 Å². The van der Waals surface area contributed by atoms with Gasteiger partial charge in [-0.25, -0.2) is 9.78 Å². The molecule has 0 radical (unpaired) electrons. The number of hydrogen-bond acceptors (Lipinski definition) is 8. The van der Waals surface area contributed by atoms with E-state index in [1.807, 2.05) is 28.9 Å². The number of methoxy groups -OCH3 is 2. The number of rotatable bonds is 10. The number of pyridine rings is 1. The van der Waals surface area contributed by atoms with Crippen LogP contribution in [0.15, 0.2) is 36.7 Å². The monoisotopic (exact) mass is 600 g/mol. The maximum Gasteiger partial charge on any atom is 0.408 e.